The number of hydrogen-bond donors (Lipinski definition) is 1. The quantitative estimate of drug-likeness (QED) is 0.916. The van der Waals surface area contributed by atoms with Crippen LogP contribution in [0.5, 0.6) is 0 Å². The van der Waals surface area contributed by atoms with Crippen LogP contribution in [0.3, 0.4) is 0 Å². The van der Waals surface area contributed by atoms with Crippen molar-refractivity contribution in [3.05, 3.63) is 34.9 Å². The molecule has 1 aliphatic heterocycles. The van der Waals surface area contributed by atoms with Gasteiger partial charge in [0.25, 0.3) is 0 Å². The standard InChI is InChI=1S/C16H23ClN2/c17-15-5-3-13(4-6-15)9-19-10-14(7-12-1-2-12)8-16(18)11-19/h3-6,12,14,16H,1-2,7-11,18H2. The van der Waals surface area contributed by atoms with Crippen molar-refractivity contribution in [1.82, 2.24) is 4.90 Å². The molecule has 2 N–H and O–H groups in total. The summed E-state index contributed by atoms with van der Waals surface area (Å²) in [4.78, 5) is 2.52. The van der Waals surface area contributed by atoms with Crippen molar-refractivity contribution in [3.8, 4) is 0 Å². The molecule has 3 rings (SSSR count). The summed E-state index contributed by atoms with van der Waals surface area (Å²) in [6.45, 7) is 3.25. The maximum atomic E-state index is 6.23. The maximum Gasteiger partial charge on any atom is 0.0406 e. The lowest BCUT2D eigenvalue weighted by molar-refractivity contribution is 0.141. The number of likely N-dealkylation sites (tertiary alicyclic amines) is 1. The highest BCUT2D eigenvalue weighted by molar-refractivity contribution is 6.30. The Morgan fingerprint density at radius 3 is 2.53 bits per heavy atom. The van der Waals surface area contributed by atoms with E-state index in [1.165, 1.54) is 37.8 Å². The zero-order valence-corrected chi connectivity index (χ0v) is 12.1. The second-order valence-electron chi connectivity index (χ2n) is 6.36. The molecular formula is C16H23ClN2. The van der Waals surface area contributed by atoms with Crippen molar-refractivity contribution in [3.63, 3.8) is 0 Å². The van der Waals surface area contributed by atoms with E-state index >= 15 is 0 Å². The lowest BCUT2D eigenvalue weighted by atomic mass is 9.90. The highest BCUT2D eigenvalue weighted by Gasteiger charge is 2.30. The topological polar surface area (TPSA) is 29.3 Å². The fourth-order valence-electron chi connectivity index (χ4n) is 3.32. The zero-order valence-electron chi connectivity index (χ0n) is 11.4. The molecule has 2 atom stereocenters. The van der Waals surface area contributed by atoms with E-state index < -0.39 is 0 Å². The summed E-state index contributed by atoms with van der Waals surface area (Å²) >= 11 is 5.93. The van der Waals surface area contributed by atoms with E-state index in [-0.39, 0.29) is 0 Å². The van der Waals surface area contributed by atoms with E-state index in [4.69, 9.17) is 17.3 Å². The molecule has 0 amide bonds. The first-order chi connectivity index (χ1) is 9.19. The molecule has 1 aromatic rings. The van der Waals surface area contributed by atoms with Crippen LogP contribution in [0.2, 0.25) is 5.02 Å². The molecule has 0 bridgehead atoms. The summed E-state index contributed by atoms with van der Waals surface area (Å²) in [5.41, 5.74) is 7.56. The Morgan fingerprint density at radius 2 is 1.84 bits per heavy atom. The summed E-state index contributed by atoms with van der Waals surface area (Å²) in [6, 6.07) is 8.55. The first kappa shape index (κ1) is 13.4. The molecule has 19 heavy (non-hydrogen) atoms. The number of nitrogens with two attached hydrogens (primary N) is 1. The maximum absolute atomic E-state index is 6.23. The SMILES string of the molecule is NC1CC(CC2CC2)CN(Cc2ccc(Cl)cc2)C1. The largest absolute Gasteiger partial charge is 0.327 e. The molecule has 1 aliphatic carbocycles. The van der Waals surface area contributed by atoms with Crippen LogP contribution < -0.4 is 5.73 Å². The minimum absolute atomic E-state index is 0.352. The third-order valence-corrected chi connectivity index (χ3v) is 4.58. The van der Waals surface area contributed by atoms with E-state index in [1.54, 1.807) is 0 Å². The third kappa shape index (κ3) is 3.95. The molecule has 0 aromatic heterocycles. The molecule has 1 heterocycles. The van der Waals surface area contributed by atoms with Crippen molar-refractivity contribution >= 4 is 11.6 Å². The number of halogens is 1. The monoisotopic (exact) mass is 278 g/mol. The van der Waals surface area contributed by atoms with Crippen LogP contribution in [0.25, 0.3) is 0 Å². The van der Waals surface area contributed by atoms with Gasteiger partial charge in [0.2, 0.25) is 0 Å². The van der Waals surface area contributed by atoms with Crippen molar-refractivity contribution in [2.75, 3.05) is 13.1 Å². The van der Waals surface area contributed by atoms with Gasteiger partial charge in [-0.3, -0.25) is 4.90 Å². The van der Waals surface area contributed by atoms with Gasteiger partial charge in [0.1, 0.15) is 0 Å². The number of benzene rings is 1. The Labute approximate surface area is 120 Å². The minimum Gasteiger partial charge on any atom is -0.327 e. The van der Waals surface area contributed by atoms with Crippen LogP contribution in [0.15, 0.2) is 24.3 Å². The van der Waals surface area contributed by atoms with Crippen LogP contribution in [0.1, 0.15) is 31.2 Å². The van der Waals surface area contributed by atoms with Gasteiger partial charge >= 0.3 is 0 Å². The van der Waals surface area contributed by atoms with Gasteiger partial charge in [0, 0.05) is 30.7 Å². The van der Waals surface area contributed by atoms with Gasteiger partial charge in [-0.25, -0.2) is 0 Å². The molecule has 2 nitrogen and oxygen atoms in total. The van der Waals surface area contributed by atoms with Gasteiger partial charge < -0.3 is 5.73 Å². The van der Waals surface area contributed by atoms with E-state index in [9.17, 15) is 0 Å². The Balaban J connectivity index is 1.57. The Kier molecular flexibility index (Phi) is 4.11. The van der Waals surface area contributed by atoms with Gasteiger partial charge in [-0.05, 0) is 42.4 Å². The summed E-state index contributed by atoms with van der Waals surface area (Å²) in [5.74, 6) is 1.82. The number of nitrogens with zero attached hydrogens (tertiary/aromatic N) is 1. The van der Waals surface area contributed by atoms with Crippen molar-refractivity contribution in [2.24, 2.45) is 17.6 Å². The molecule has 1 saturated heterocycles. The molecular weight excluding hydrogens is 256 g/mol. The number of hydrogen-bond acceptors (Lipinski definition) is 2. The third-order valence-electron chi connectivity index (χ3n) is 4.33. The Bertz CT molecular complexity index is 411. The van der Waals surface area contributed by atoms with E-state index in [0.29, 0.717) is 6.04 Å². The molecule has 0 radical (unpaired) electrons. The Morgan fingerprint density at radius 1 is 1.11 bits per heavy atom. The highest BCUT2D eigenvalue weighted by atomic mass is 35.5. The normalized spacial score (nSPS) is 28.5. The van der Waals surface area contributed by atoms with Gasteiger partial charge in [-0.1, -0.05) is 36.6 Å². The fraction of sp³-hybridized carbons (Fsp3) is 0.625. The predicted octanol–water partition coefficient (Wildman–Crippen LogP) is 3.29. The molecule has 104 valence electrons. The number of piperidine rings is 1. The number of rotatable bonds is 4. The van der Waals surface area contributed by atoms with Crippen LogP contribution in [0.4, 0.5) is 0 Å². The van der Waals surface area contributed by atoms with Crippen LogP contribution in [-0.4, -0.2) is 24.0 Å². The second kappa shape index (κ2) is 5.82. The average Bonchev–Trinajstić information content (AvgIpc) is 3.15. The van der Waals surface area contributed by atoms with Gasteiger partial charge in [-0.15, -0.1) is 0 Å². The first-order valence-electron chi connectivity index (χ1n) is 7.41. The summed E-state index contributed by atoms with van der Waals surface area (Å²) in [5, 5.41) is 0.811. The van der Waals surface area contributed by atoms with Crippen molar-refractivity contribution in [2.45, 2.75) is 38.3 Å². The molecule has 3 heteroatoms. The minimum atomic E-state index is 0.352. The van der Waals surface area contributed by atoms with Gasteiger partial charge in [-0.2, -0.15) is 0 Å². The molecule has 0 spiro atoms. The van der Waals surface area contributed by atoms with Crippen LogP contribution in [-0.2, 0) is 6.54 Å². The fourth-order valence-corrected chi connectivity index (χ4v) is 3.45. The molecule has 1 aromatic carbocycles. The van der Waals surface area contributed by atoms with Crippen LogP contribution >= 0.6 is 11.6 Å². The van der Waals surface area contributed by atoms with E-state index in [1.807, 2.05) is 12.1 Å². The van der Waals surface area contributed by atoms with E-state index in [0.717, 1.165) is 29.9 Å². The average molecular weight is 279 g/mol. The van der Waals surface area contributed by atoms with E-state index in [2.05, 4.69) is 17.0 Å². The zero-order chi connectivity index (χ0) is 13.2. The smallest absolute Gasteiger partial charge is 0.0406 e. The lowest BCUT2D eigenvalue weighted by Crippen LogP contribution is -2.46. The van der Waals surface area contributed by atoms with Gasteiger partial charge in [0.05, 0.1) is 0 Å². The molecule has 1 saturated carbocycles. The molecule has 2 unspecified atom stereocenters. The predicted molar refractivity (Wildman–Crippen MR) is 80.2 cm³/mol. The second-order valence-corrected chi connectivity index (χ2v) is 6.80. The Hall–Kier alpha value is -0.570. The van der Waals surface area contributed by atoms with Crippen LogP contribution in [0, 0.1) is 11.8 Å². The molecule has 2 fully saturated rings. The van der Waals surface area contributed by atoms with Crippen molar-refractivity contribution < 1.29 is 0 Å². The molecule has 2 aliphatic rings. The van der Waals surface area contributed by atoms with Gasteiger partial charge in [0.15, 0.2) is 0 Å². The van der Waals surface area contributed by atoms with Crippen molar-refractivity contribution in [1.29, 1.82) is 0 Å². The first-order valence-corrected chi connectivity index (χ1v) is 7.79. The summed E-state index contributed by atoms with van der Waals surface area (Å²) < 4.78 is 0. The summed E-state index contributed by atoms with van der Waals surface area (Å²) in [6.07, 6.45) is 5.50. The summed E-state index contributed by atoms with van der Waals surface area (Å²) in [7, 11) is 0. The highest BCUT2D eigenvalue weighted by Crippen LogP contribution is 2.37. The lowest BCUT2D eigenvalue weighted by Gasteiger charge is -2.36.